The molecule has 1 amide bonds. The number of amides is 1. The first-order chi connectivity index (χ1) is 11.1. The van der Waals surface area contributed by atoms with E-state index in [1.54, 1.807) is 7.05 Å². The van der Waals surface area contributed by atoms with Gasteiger partial charge in [0.15, 0.2) is 6.61 Å². The maximum absolute atomic E-state index is 12.2. The average molecular weight is 328 g/mol. The van der Waals surface area contributed by atoms with Gasteiger partial charge in [0.05, 0.1) is 12.5 Å². The fourth-order valence-electron chi connectivity index (χ4n) is 1.96. The third-order valence-electron chi connectivity index (χ3n) is 3.25. The first-order valence-corrected chi connectivity index (χ1v) is 7.92. The molecule has 118 valence electrons. The normalized spacial score (nSPS) is 9.91. The lowest BCUT2D eigenvalue weighted by molar-refractivity contribution is -0.133. The highest BCUT2D eigenvalue weighted by Crippen LogP contribution is 2.28. The summed E-state index contributed by atoms with van der Waals surface area (Å²) in [6.45, 7) is -0.00591. The van der Waals surface area contributed by atoms with Crippen molar-refractivity contribution < 1.29 is 14.3 Å². The predicted octanol–water partition coefficient (Wildman–Crippen LogP) is 2.94. The number of nitrogens with zero attached hydrogens (tertiary/aromatic N) is 2. The molecule has 6 heteroatoms. The van der Waals surface area contributed by atoms with Crippen molar-refractivity contribution in [3.63, 3.8) is 0 Å². The van der Waals surface area contributed by atoms with E-state index >= 15 is 0 Å². The number of ether oxygens (including phenoxy) is 1. The molecule has 1 aromatic carbocycles. The summed E-state index contributed by atoms with van der Waals surface area (Å²) in [5, 5.41) is 10.3. The van der Waals surface area contributed by atoms with Crippen LogP contribution in [-0.4, -0.2) is 37.0 Å². The van der Waals surface area contributed by atoms with Crippen LogP contribution in [0.2, 0.25) is 0 Å². The fraction of sp³-hybridized carbons (Fsp3) is 0.235. The van der Waals surface area contributed by atoms with Crippen LogP contribution in [0.1, 0.15) is 16.1 Å². The minimum Gasteiger partial charge on any atom is -0.451 e. The van der Waals surface area contributed by atoms with Crippen LogP contribution >= 0.6 is 11.3 Å². The Hall–Kier alpha value is -2.65. The van der Waals surface area contributed by atoms with Crippen LogP contribution < -0.4 is 0 Å². The highest BCUT2D eigenvalue weighted by Gasteiger charge is 2.18. The molecule has 0 spiro atoms. The van der Waals surface area contributed by atoms with Crippen molar-refractivity contribution in [1.29, 1.82) is 5.26 Å². The molecule has 0 aliphatic heterocycles. The van der Waals surface area contributed by atoms with Gasteiger partial charge in [-0.3, -0.25) is 4.79 Å². The molecule has 1 heterocycles. The van der Waals surface area contributed by atoms with Gasteiger partial charge in [-0.05, 0) is 17.0 Å². The Morgan fingerprint density at radius 2 is 2.00 bits per heavy atom. The molecule has 0 N–H and O–H groups in total. The van der Waals surface area contributed by atoms with Gasteiger partial charge in [-0.25, -0.2) is 4.79 Å². The van der Waals surface area contributed by atoms with E-state index < -0.39 is 5.97 Å². The number of hydrogen-bond donors (Lipinski definition) is 0. The van der Waals surface area contributed by atoms with Gasteiger partial charge in [-0.15, -0.1) is 11.3 Å². The quantitative estimate of drug-likeness (QED) is 0.764. The summed E-state index contributed by atoms with van der Waals surface area (Å²) in [5.74, 6) is -0.840. The molecule has 0 radical (unpaired) electrons. The van der Waals surface area contributed by atoms with E-state index in [1.165, 1.54) is 16.2 Å². The average Bonchev–Trinajstić information content (AvgIpc) is 3.07. The number of benzene rings is 1. The largest absolute Gasteiger partial charge is 0.451 e. The summed E-state index contributed by atoms with van der Waals surface area (Å²) in [5.41, 5.74) is 1.73. The van der Waals surface area contributed by atoms with Gasteiger partial charge < -0.3 is 9.64 Å². The van der Waals surface area contributed by atoms with E-state index in [9.17, 15) is 9.59 Å². The van der Waals surface area contributed by atoms with E-state index in [0.29, 0.717) is 11.4 Å². The van der Waals surface area contributed by atoms with Crippen LogP contribution in [0.5, 0.6) is 0 Å². The van der Waals surface area contributed by atoms with E-state index in [2.05, 4.69) is 0 Å². The minimum atomic E-state index is -0.513. The zero-order valence-electron chi connectivity index (χ0n) is 12.7. The van der Waals surface area contributed by atoms with Crippen LogP contribution in [0, 0.1) is 11.3 Å². The van der Waals surface area contributed by atoms with Gasteiger partial charge in [0, 0.05) is 19.2 Å². The second kappa shape index (κ2) is 8.11. The molecular weight excluding hydrogens is 312 g/mol. The van der Waals surface area contributed by atoms with E-state index in [0.717, 1.165) is 11.1 Å². The molecule has 0 unspecified atom stereocenters. The second-order valence-corrected chi connectivity index (χ2v) is 5.75. The zero-order valence-corrected chi connectivity index (χ0v) is 13.5. The standard InChI is InChI=1S/C17H16N2O3S/c1-19(10-5-9-18)15(20)12-22-17(21)16-14(8-11-23-16)13-6-3-2-4-7-13/h2-4,6-8,11H,5,10,12H2,1H3. The van der Waals surface area contributed by atoms with Crippen LogP contribution in [0.3, 0.4) is 0 Å². The fourth-order valence-corrected chi connectivity index (χ4v) is 2.77. The lowest BCUT2D eigenvalue weighted by Crippen LogP contribution is -2.31. The molecule has 0 saturated carbocycles. The maximum Gasteiger partial charge on any atom is 0.349 e. The summed E-state index contributed by atoms with van der Waals surface area (Å²) in [4.78, 5) is 25.9. The van der Waals surface area contributed by atoms with Crippen LogP contribution in [-0.2, 0) is 9.53 Å². The lowest BCUT2D eigenvalue weighted by atomic mass is 10.1. The van der Waals surface area contributed by atoms with Crippen molar-refractivity contribution in [1.82, 2.24) is 4.90 Å². The summed E-state index contributed by atoms with van der Waals surface area (Å²) in [7, 11) is 1.58. The molecule has 2 aromatic rings. The monoisotopic (exact) mass is 328 g/mol. The number of likely N-dealkylation sites (N-methyl/N-ethyl adjacent to an activating group) is 1. The van der Waals surface area contributed by atoms with E-state index in [-0.39, 0.29) is 18.9 Å². The van der Waals surface area contributed by atoms with Crippen LogP contribution in [0.25, 0.3) is 11.1 Å². The summed E-state index contributed by atoms with van der Waals surface area (Å²) in [6.07, 6.45) is 0.249. The summed E-state index contributed by atoms with van der Waals surface area (Å²) < 4.78 is 5.11. The zero-order chi connectivity index (χ0) is 16.7. The molecule has 0 aliphatic rings. The topological polar surface area (TPSA) is 70.4 Å². The molecule has 0 saturated heterocycles. The smallest absolute Gasteiger partial charge is 0.349 e. The second-order valence-electron chi connectivity index (χ2n) is 4.83. The minimum absolute atomic E-state index is 0.249. The first-order valence-electron chi connectivity index (χ1n) is 7.04. The molecule has 0 fully saturated rings. The van der Waals surface area contributed by atoms with Gasteiger partial charge in [-0.1, -0.05) is 30.3 Å². The number of rotatable bonds is 6. The predicted molar refractivity (Wildman–Crippen MR) is 87.9 cm³/mol. The number of esters is 1. The molecule has 0 atom stereocenters. The molecule has 1 aromatic heterocycles. The third kappa shape index (κ3) is 4.41. The van der Waals surface area contributed by atoms with Gasteiger partial charge in [0.2, 0.25) is 0 Å². The lowest BCUT2D eigenvalue weighted by Gasteiger charge is -2.15. The van der Waals surface area contributed by atoms with Crippen LogP contribution in [0.4, 0.5) is 0 Å². The Morgan fingerprint density at radius 1 is 1.26 bits per heavy atom. The van der Waals surface area contributed by atoms with Crippen molar-refractivity contribution in [2.75, 3.05) is 20.2 Å². The highest BCUT2D eigenvalue weighted by molar-refractivity contribution is 7.12. The summed E-state index contributed by atoms with van der Waals surface area (Å²) in [6, 6.07) is 13.4. The number of carbonyl (C=O) groups is 2. The number of carbonyl (C=O) groups excluding carboxylic acids is 2. The SMILES string of the molecule is CN(CCC#N)C(=O)COC(=O)c1sccc1-c1ccccc1. The van der Waals surface area contributed by atoms with Gasteiger partial charge in [0.25, 0.3) is 5.91 Å². The number of nitriles is 1. The van der Waals surface area contributed by atoms with Gasteiger partial charge >= 0.3 is 5.97 Å². The van der Waals surface area contributed by atoms with Crippen LogP contribution in [0.15, 0.2) is 41.8 Å². The van der Waals surface area contributed by atoms with Crippen molar-refractivity contribution >= 4 is 23.2 Å². The Labute approximate surface area is 138 Å². The number of hydrogen-bond acceptors (Lipinski definition) is 5. The van der Waals surface area contributed by atoms with Crippen molar-refractivity contribution in [3.8, 4) is 17.2 Å². The summed E-state index contributed by atoms with van der Waals surface area (Å²) >= 11 is 1.28. The van der Waals surface area contributed by atoms with E-state index in [1.807, 2.05) is 47.8 Å². The molecule has 2 rings (SSSR count). The van der Waals surface area contributed by atoms with Crippen molar-refractivity contribution in [2.24, 2.45) is 0 Å². The van der Waals surface area contributed by atoms with Crippen molar-refractivity contribution in [3.05, 3.63) is 46.7 Å². The highest BCUT2D eigenvalue weighted by atomic mass is 32.1. The molecule has 5 nitrogen and oxygen atoms in total. The van der Waals surface area contributed by atoms with Gasteiger partial charge in [-0.2, -0.15) is 5.26 Å². The Kier molecular flexibility index (Phi) is 5.89. The molecule has 23 heavy (non-hydrogen) atoms. The Morgan fingerprint density at radius 3 is 2.70 bits per heavy atom. The van der Waals surface area contributed by atoms with E-state index in [4.69, 9.17) is 10.00 Å². The molecular formula is C17H16N2O3S. The maximum atomic E-state index is 12.2. The third-order valence-corrected chi connectivity index (χ3v) is 4.14. The van der Waals surface area contributed by atoms with Gasteiger partial charge in [0.1, 0.15) is 4.88 Å². The molecule has 0 bridgehead atoms. The van der Waals surface area contributed by atoms with Crippen molar-refractivity contribution in [2.45, 2.75) is 6.42 Å². The first kappa shape index (κ1) is 16.7. The molecule has 0 aliphatic carbocycles. The number of thiophene rings is 1. The Bertz CT molecular complexity index is 719. The Balaban J connectivity index is 1.99.